The number of nitrogens with one attached hydrogen (secondary N) is 3. The van der Waals surface area contributed by atoms with E-state index in [1.807, 2.05) is 13.8 Å². The molecule has 2 aliphatic carbocycles. The molecule has 5 atom stereocenters. The molecular formula is C27H48N4O8S2. The molecule has 0 aromatic heterocycles. The highest BCUT2D eigenvalue weighted by atomic mass is 32.1. The van der Waals surface area contributed by atoms with E-state index in [-0.39, 0.29) is 45.2 Å². The van der Waals surface area contributed by atoms with E-state index in [9.17, 15) is 39.0 Å². The molecule has 0 radical (unpaired) electrons. The van der Waals surface area contributed by atoms with E-state index >= 15 is 0 Å². The van der Waals surface area contributed by atoms with E-state index in [0.29, 0.717) is 32.1 Å². The number of hydrogen-bond acceptors (Lipinski definition) is 6. The molecule has 0 bridgehead atoms. The number of primary amides is 1. The summed E-state index contributed by atoms with van der Waals surface area (Å²) in [5, 5.41) is 26.6. The number of aliphatic carboxylic acids is 2. The summed E-state index contributed by atoms with van der Waals surface area (Å²) in [5.74, 6) is -6.73. The van der Waals surface area contributed by atoms with Gasteiger partial charge < -0.3 is 31.9 Å². The van der Waals surface area contributed by atoms with Crippen molar-refractivity contribution in [3.8, 4) is 0 Å². The molecule has 0 heterocycles. The number of carbonyl (C=O) groups is 6. The Labute approximate surface area is 255 Å². The minimum absolute atomic E-state index is 0. The summed E-state index contributed by atoms with van der Waals surface area (Å²) in [6, 6.07) is -3.61. The summed E-state index contributed by atoms with van der Waals surface area (Å²) in [4.78, 5) is 74.7. The Kier molecular flexibility index (Phi) is 17.7. The number of amides is 4. The van der Waals surface area contributed by atoms with Crippen molar-refractivity contribution in [2.45, 2.75) is 109 Å². The van der Waals surface area contributed by atoms with Gasteiger partial charge in [0.05, 0.1) is 18.3 Å². The third-order valence-corrected chi connectivity index (χ3v) is 7.73. The van der Waals surface area contributed by atoms with E-state index in [1.165, 1.54) is 0 Å². The van der Waals surface area contributed by atoms with Crippen LogP contribution in [0.2, 0.25) is 0 Å². The van der Waals surface area contributed by atoms with Crippen molar-refractivity contribution in [3.05, 3.63) is 0 Å². The Morgan fingerprint density at radius 2 is 1.24 bits per heavy atom. The maximum absolute atomic E-state index is 13.4. The summed E-state index contributed by atoms with van der Waals surface area (Å²) >= 11 is 0. The van der Waals surface area contributed by atoms with Crippen molar-refractivity contribution in [2.75, 3.05) is 0 Å². The van der Waals surface area contributed by atoms with Crippen molar-refractivity contribution in [1.82, 2.24) is 16.0 Å². The summed E-state index contributed by atoms with van der Waals surface area (Å²) < 4.78 is 0. The second-order valence-corrected chi connectivity index (χ2v) is 11.4. The van der Waals surface area contributed by atoms with Gasteiger partial charge in [0.15, 0.2) is 0 Å². The molecular weight excluding hydrogens is 572 g/mol. The molecule has 0 saturated heterocycles. The fraction of sp³-hybridized carbons (Fsp3) is 0.778. The van der Waals surface area contributed by atoms with Crippen LogP contribution in [0.4, 0.5) is 0 Å². The number of carbonyl (C=O) groups excluding carboxylic acids is 4. The number of nitrogens with two attached hydrogens (primary N) is 1. The van der Waals surface area contributed by atoms with Gasteiger partial charge in [-0.05, 0) is 37.5 Å². The van der Waals surface area contributed by atoms with Crippen LogP contribution in [0.3, 0.4) is 0 Å². The largest absolute Gasteiger partial charge is 0.481 e. The Hall–Kier alpha value is -2.48. The molecule has 0 aromatic rings. The molecule has 236 valence electrons. The molecule has 14 heteroatoms. The van der Waals surface area contributed by atoms with Crippen LogP contribution in [0.1, 0.15) is 90.9 Å². The van der Waals surface area contributed by atoms with E-state index in [1.54, 1.807) is 0 Å². The lowest BCUT2D eigenvalue weighted by molar-refractivity contribution is -0.149. The zero-order valence-corrected chi connectivity index (χ0v) is 25.9. The van der Waals surface area contributed by atoms with Gasteiger partial charge in [0.2, 0.25) is 23.6 Å². The molecule has 41 heavy (non-hydrogen) atoms. The van der Waals surface area contributed by atoms with Gasteiger partial charge in [-0.1, -0.05) is 58.8 Å². The van der Waals surface area contributed by atoms with Crippen LogP contribution in [0.25, 0.3) is 0 Å². The second-order valence-electron chi connectivity index (χ2n) is 11.4. The first-order valence-corrected chi connectivity index (χ1v) is 14.0. The van der Waals surface area contributed by atoms with Crippen LogP contribution < -0.4 is 21.7 Å². The molecule has 0 unspecified atom stereocenters. The highest BCUT2D eigenvalue weighted by Crippen LogP contribution is 2.31. The quantitative estimate of drug-likeness (QED) is 0.168. The Bertz CT molecular complexity index is 914. The molecule has 2 saturated carbocycles. The summed E-state index contributed by atoms with van der Waals surface area (Å²) in [5.41, 5.74) is 5.40. The van der Waals surface area contributed by atoms with Gasteiger partial charge >= 0.3 is 11.9 Å². The van der Waals surface area contributed by atoms with Crippen molar-refractivity contribution in [2.24, 2.45) is 29.4 Å². The van der Waals surface area contributed by atoms with Crippen LogP contribution >= 0.6 is 27.0 Å². The first-order chi connectivity index (χ1) is 18.4. The summed E-state index contributed by atoms with van der Waals surface area (Å²) in [6.07, 6.45) is 6.79. The van der Waals surface area contributed by atoms with E-state index in [2.05, 4.69) is 16.0 Å². The third kappa shape index (κ3) is 12.9. The monoisotopic (exact) mass is 620 g/mol. The van der Waals surface area contributed by atoms with Crippen molar-refractivity contribution in [3.63, 3.8) is 0 Å². The zero-order chi connectivity index (χ0) is 29.1. The predicted octanol–water partition coefficient (Wildman–Crippen LogP) is 1.53. The molecule has 2 rings (SSSR count). The van der Waals surface area contributed by atoms with Crippen molar-refractivity contribution in [1.29, 1.82) is 0 Å². The van der Waals surface area contributed by atoms with Gasteiger partial charge in [-0.25, -0.2) is 0 Å². The molecule has 0 spiro atoms. The minimum Gasteiger partial charge on any atom is -0.481 e. The molecule has 4 amide bonds. The predicted molar refractivity (Wildman–Crippen MR) is 162 cm³/mol. The number of hydrogen-bond donors (Lipinski definition) is 6. The molecule has 2 fully saturated rings. The molecule has 2 aliphatic rings. The van der Waals surface area contributed by atoms with Gasteiger partial charge in [0.1, 0.15) is 18.1 Å². The van der Waals surface area contributed by atoms with Gasteiger partial charge in [-0.15, -0.1) is 0 Å². The summed E-state index contributed by atoms with van der Waals surface area (Å²) in [7, 11) is 0. The lowest BCUT2D eigenvalue weighted by atomic mass is 9.78. The number of rotatable bonds is 14. The SMILES string of the molecule is CC(C)C[C@H](NC(=O)[C@H](CC(=O)O)NC(=O)[C@H](CC1CCCCC1)NC(=O)[C@H]1CCCC[C@@H]1C(=O)O)C(N)=O.S.S. The van der Waals surface area contributed by atoms with Gasteiger partial charge in [-0.2, -0.15) is 27.0 Å². The van der Waals surface area contributed by atoms with Crippen LogP contribution in [0.5, 0.6) is 0 Å². The highest BCUT2D eigenvalue weighted by molar-refractivity contribution is 7.59. The van der Waals surface area contributed by atoms with Gasteiger partial charge in [0.25, 0.3) is 0 Å². The van der Waals surface area contributed by atoms with Crippen molar-refractivity contribution < 1.29 is 39.0 Å². The first-order valence-electron chi connectivity index (χ1n) is 14.0. The summed E-state index contributed by atoms with van der Waals surface area (Å²) in [6.45, 7) is 3.66. The Balaban J connectivity index is 0.00000800. The van der Waals surface area contributed by atoms with Crippen LogP contribution in [0, 0.1) is 23.7 Å². The number of carboxylic acid groups (broad SMARTS) is 2. The highest BCUT2D eigenvalue weighted by Gasteiger charge is 2.38. The average molecular weight is 621 g/mol. The standard InChI is InChI=1S/C27H44N4O8.2H2S/c1-15(2)12-19(23(28)34)29-26(37)21(14-22(32)33)31-25(36)20(13-16-8-4-3-5-9-16)30-24(35)17-10-6-7-11-18(17)27(38)39;;/h15-21H,3-14H2,1-2H3,(H2,28,34)(H,29,37)(H,30,35)(H,31,36)(H,32,33)(H,38,39);2*1H2/t17-,18-,19-,20-,21-;;/m0../s1. The minimum atomic E-state index is -1.50. The zero-order valence-electron chi connectivity index (χ0n) is 23.9. The number of carboxylic acids is 2. The van der Waals surface area contributed by atoms with Crippen LogP contribution in [0.15, 0.2) is 0 Å². The Morgan fingerprint density at radius 1 is 0.732 bits per heavy atom. The van der Waals surface area contributed by atoms with Crippen LogP contribution in [-0.4, -0.2) is 63.9 Å². The molecule has 12 nitrogen and oxygen atoms in total. The van der Waals surface area contributed by atoms with Crippen LogP contribution in [-0.2, 0) is 28.8 Å². The average Bonchev–Trinajstić information content (AvgIpc) is 2.87. The molecule has 0 aliphatic heterocycles. The van der Waals surface area contributed by atoms with E-state index in [0.717, 1.165) is 32.1 Å². The lowest BCUT2D eigenvalue weighted by Crippen LogP contribution is -2.58. The molecule has 7 N–H and O–H groups in total. The fourth-order valence-corrected chi connectivity index (χ4v) is 5.65. The second kappa shape index (κ2) is 18.9. The lowest BCUT2D eigenvalue weighted by Gasteiger charge is -2.31. The molecule has 0 aromatic carbocycles. The maximum Gasteiger partial charge on any atom is 0.307 e. The van der Waals surface area contributed by atoms with Gasteiger partial charge in [0, 0.05) is 0 Å². The van der Waals surface area contributed by atoms with E-state index < -0.39 is 71.9 Å². The fourth-order valence-electron chi connectivity index (χ4n) is 5.65. The van der Waals surface area contributed by atoms with Gasteiger partial charge in [-0.3, -0.25) is 28.8 Å². The Morgan fingerprint density at radius 3 is 1.76 bits per heavy atom. The first kappa shape index (κ1) is 38.5. The maximum atomic E-state index is 13.4. The van der Waals surface area contributed by atoms with E-state index in [4.69, 9.17) is 5.73 Å². The topological polar surface area (TPSA) is 205 Å². The smallest absolute Gasteiger partial charge is 0.307 e. The van der Waals surface area contributed by atoms with Crippen molar-refractivity contribution >= 4 is 62.6 Å². The normalized spacial score (nSPS) is 21.1. The third-order valence-electron chi connectivity index (χ3n) is 7.73.